The zero-order valence-electron chi connectivity index (χ0n) is 10.1. The summed E-state index contributed by atoms with van der Waals surface area (Å²) in [6, 6.07) is 6.28. The van der Waals surface area contributed by atoms with Gasteiger partial charge in [-0.05, 0) is 44.0 Å². The van der Waals surface area contributed by atoms with Crippen molar-refractivity contribution in [2.24, 2.45) is 0 Å². The molecule has 1 aromatic carbocycles. The van der Waals surface area contributed by atoms with E-state index in [9.17, 15) is 0 Å². The lowest BCUT2D eigenvalue weighted by Crippen LogP contribution is -2.23. The van der Waals surface area contributed by atoms with Gasteiger partial charge in [-0.1, -0.05) is 13.3 Å². The number of aryl methyl sites for hydroxylation is 1. The first kappa shape index (κ1) is 11.9. The smallest absolute Gasteiger partial charge is 0.0389 e. The zero-order valence-corrected chi connectivity index (χ0v) is 10.1. The Morgan fingerprint density at radius 3 is 2.47 bits per heavy atom. The molecule has 0 amide bonds. The monoisotopic (exact) mass is 206 g/mol. The van der Waals surface area contributed by atoms with Crippen molar-refractivity contribution < 1.29 is 0 Å². The van der Waals surface area contributed by atoms with Crippen LogP contribution in [0.4, 0.5) is 11.4 Å². The lowest BCUT2D eigenvalue weighted by Gasteiger charge is -2.23. The van der Waals surface area contributed by atoms with Crippen LogP contribution in [0.25, 0.3) is 0 Å². The summed E-state index contributed by atoms with van der Waals surface area (Å²) in [5.41, 5.74) is 9.20. The number of anilines is 2. The molecule has 0 aromatic heterocycles. The van der Waals surface area contributed by atoms with Crippen LogP contribution in [-0.2, 0) is 0 Å². The Balaban J connectivity index is 2.81. The second-order valence-electron chi connectivity index (χ2n) is 4.04. The third-order valence-electron chi connectivity index (χ3n) is 2.61. The Morgan fingerprint density at radius 1 is 1.20 bits per heavy atom. The lowest BCUT2D eigenvalue weighted by molar-refractivity contribution is 0.732. The molecule has 0 spiro atoms. The molecule has 0 atom stereocenters. The van der Waals surface area contributed by atoms with E-state index in [0.717, 1.165) is 18.8 Å². The van der Waals surface area contributed by atoms with Gasteiger partial charge >= 0.3 is 0 Å². The number of hydrogen-bond donors (Lipinski definition) is 1. The second kappa shape index (κ2) is 5.64. The Morgan fingerprint density at radius 2 is 1.93 bits per heavy atom. The van der Waals surface area contributed by atoms with Crippen LogP contribution in [0.5, 0.6) is 0 Å². The Labute approximate surface area is 93.1 Å². The van der Waals surface area contributed by atoms with Gasteiger partial charge < -0.3 is 10.6 Å². The third kappa shape index (κ3) is 3.46. The Bertz CT molecular complexity index is 287. The van der Waals surface area contributed by atoms with Crippen LogP contribution in [0.1, 0.15) is 32.3 Å². The van der Waals surface area contributed by atoms with E-state index in [1.165, 1.54) is 24.1 Å². The van der Waals surface area contributed by atoms with E-state index in [2.05, 4.69) is 37.8 Å². The summed E-state index contributed by atoms with van der Waals surface area (Å²) in [6.45, 7) is 8.67. The van der Waals surface area contributed by atoms with E-state index < -0.39 is 0 Å². The topological polar surface area (TPSA) is 29.3 Å². The average molecular weight is 206 g/mol. The maximum absolute atomic E-state index is 5.85. The van der Waals surface area contributed by atoms with Crippen molar-refractivity contribution in [3.63, 3.8) is 0 Å². The molecular weight excluding hydrogens is 184 g/mol. The first-order valence-corrected chi connectivity index (χ1v) is 5.79. The molecule has 0 saturated heterocycles. The summed E-state index contributed by atoms with van der Waals surface area (Å²) in [5.74, 6) is 0. The molecule has 2 N–H and O–H groups in total. The second-order valence-corrected chi connectivity index (χ2v) is 4.04. The van der Waals surface area contributed by atoms with Gasteiger partial charge in [0, 0.05) is 24.5 Å². The number of nitrogens with two attached hydrogens (primary N) is 1. The first-order chi connectivity index (χ1) is 7.17. The van der Waals surface area contributed by atoms with Gasteiger partial charge in [0.1, 0.15) is 0 Å². The normalized spacial score (nSPS) is 10.3. The molecule has 0 bridgehead atoms. The fourth-order valence-corrected chi connectivity index (χ4v) is 1.79. The van der Waals surface area contributed by atoms with Crippen molar-refractivity contribution in [3.05, 3.63) is 23.8 Å². The molecule has 1 aromatic rings. The minimum Gasteiger partial charge on any atom is -0.399 e. The molecule has 0 heterocycles. The highest BCUT2D eigenvalue weighted by atomic mass is 15.1. The van der Waals surface area contributed by atoms with Gasteiger partial charge in [-0.25, -0.2) is 0 Å². The molecule has 0 fully saturated rings. The van der Waals surface area contributed by atoms with Crippen LogP contribution in [0.3, 0.4) is 0 Å². The van der Waals surface area contributed by atoms with E-state index in [0.29, 0.717) is 0 Å². The van der Waals surface area contributed by atoms with Crippen molar-refractivity contribution in [3.8, 4) is 0 Å². The lowest BCUT2D eigenvalue weighted by atomic mass is 10.1. The van der Waals surface area contributed by atoms with E-state index in [1.807, 2.05) is 6.07 Å². The van der Waals surface area contributed by atoms with Crippen molar-refractivity contribution in [2.45, 2.75) is 33.6 Å². The molecule has 0 unspecified atom stereocenters. The van der Waals surface area contributed by atoms with Crippen LogP contribution in [0.2, 0.25) is 0 Å². The molecule has 0 saturated carbocycles. The Hall–Kier alpha value is -1.18. The molecule has 84 valence electrons. The summed E-state index contributed by atoms with van der Waals surface area (Å²) in [4.78, 5) is 2.38. The van der Waals surface area contributed by atoms with Crippen LogP contribution in [0.15, 0.2) is 18.2 Å². The maximum atomic E-state index is 5.85. The van der Waals surface area contributed by atoms with Crippen molar-refractivity contribution >= 4 is 11.4 Å². The van der Waals surface area contributed by atoms with Gasteiger partial charge in [0.15, 0.2) is 0 Å². The standard InChI is InChI=1S/C13H22N2/c1-4-6-7-15(5-2)13-9-11(3)8-12(14)10-13/h8-10H,4-7,14H2,1-3H3. The first-order valence-electron chi connectivity index (χ1n) is 5.79. The summed E-state index contributed by atoms with van der Waals surface area (Å²) in [6.07, 6.45) is 2.47. The highest BCUT2D eigenvalue weighted by Gasteiger charge is 2.04. The minimum atomic E-state index is 0.861. The third-order valence-corrected chi connectivity index (χ3v) is 2.61. The van der Waals surface area contributed by atoms with Crippen molar-refractivity contribution in [1.82, 2.24) is 0 Å². The summed E-state index contributed by atoms with van der Waals surface area (Å²) >= 11 is 0. The van der Waals surface area contributed by atoms with Crippen LogP contribution in [0, 0.1) is 6.92 Å². The van der Waals surface area contributed by atoms with Gasteiger partial charge in [-0.2, -0.15) is 0 Å². The Kier molecular flexibility index (Phi) is 4.47. The summed E-state index contributed by atoms with van der Waals surface area (Å²) < 4.78 is 0. The van der Waals surface area contributed by atoms with E-state index >= 15 is 0 Å². The number of benzene rings is 1. The van der Waals surface area contributed by atoms with E-state index in [1.54, 1.807) is 0 Å². The molecule has 15 heavy (non-hydrogen) atoms. The highest BCUT2D eigenvalue weighted by molar-refractivity contribution is 5.58. The minimum absolute atomic E-state index is 0.861. The number of nitrogen functional groups attached to an aromatic ring is 1. The number of rotatable bonds is 5. The maximum Gasteiger partial charge on any atom is 0.0389 e. The molecule has 0 radical (unpaired) electrons. The molecule has 0 aliphatic carbocycles. The quantitative estimate of drug-likeness (QED) is 0.750. The van der Waals surface area contributed by atoms with Gasteiger partial charge in [-0.15, -0.1) is 0 Å². The van der Waals surface area contributed by atoms with Crippen LogP contribution in [-0.4, -0.2) is 13.1 Å². The van der Waals surface area contributed by atoms with Gasteiger partial charge in [0.25, 0.3) is 0 Å². The van der Waals surface area contributed by atoms with Gasteiger partial charge in [-0.3, -0.25) is 0 Å². The van der Waals surface area contributed by atoms with Crippen molar-refractivity contribution in [2.75, 3.05) is 23.7 Å². The number of unbranched alkanes of at least 4 members (excludes halogenated alkanes) is 1. The molecule has 1 rings (SSSR count). The molecule has 0 aliphatic heterocycles. The predicted octanol–water partition coefficient (Wildman–Crippen LogP) is 3.20. The molecular formula is C13H22N2. The number of hydrogen-bond acceptors (Lipinski definition) is 2. The van der Waals surface area contributed by atoms with Gasteiger partial charge in [0.2, 0.25) is 0 Å². The summed E-state index contributed by atoms with van der Waals surface area (Å²) in [5, 5.41) is 0. The highest BCUT2D eigenvalue weighted by Crippen LogP contribution is 2.20. The van der Waals surface area contributed by atoms with Gasteiger partial charge in [0.05, 0.1) is 0 Å². The summed E-state index contributed by atoms with van der Waals surface area (Å²) in [7, 11) is 0. The largest absolute Gasteiger partial charge is 0.399 e. The molecule has 2 heteroatoms. The van der Waals surface area contributed by atoms with Crippen LogP contribution < -0.4 is 10.6 Å². The zero-order chi connectivity index (χ0) is 11.3. The molecule has 2 nitrogen and oxygen atoms in total. The van der Waals surface area contributed by atoms with E-state index in [4.69, 9.17) is 5.73 Å². The fraction of sp³-hybridized carbons (Fsp3) is 0.538. The SMILES string of the molecule is CCCCN(CC)c1cc(C)cc(N)c1. The van der Waals surface area contributed by atoms with Crippen molar-refractivity contribution in [1.29, 1.82) is 0 Å². The molecule has 0 aliphatic rings. The fourth-order valence-electron chi connectivity index (χ4n) is 1.79. The predicted molar refractivity (Wildman–Crippen MR) is 68.4 cm³/mol. The average Bonchev–Trinajstić information content (AvgIpc) is 2.17. The van der Waals surface area contributed by atoms with Crippen LogP contribution >= 0.6 is 0 Å². The van der Waals surface area contributed by atoms with E-state index in [-0.39, 0.29) is 0 Å². The number of nitrogens with zero attached hydrogens (tertiary/aromatic N) is 1.